The number of hydrogen-bond acceptors (Lipinski definition) is 3. The fourth-order valence-corrected chi connectivity index (χ4v) is 2.15. The molecule has 0 bridgehead atoms. The minimum atomic E-state index is -0.820. The Morgan fingerprint density at radius 2 is 2.07 bits per heavy atom. The van der Waals surface area contributed by atoms with E-state index < -0.39 is 16.8 Å². The number of carbonyl (C=O) groups excluding carboxylic acids is 1. The molecule has 0 aromatic rings. The molecule has 4 nitrogen and oxygen atoms in total. The molecule has 80 valence electrons. The largest absolute Gasteiger partial charge is 0.481 e. The van der Waals surface area contributed by atoms with Crippen LogP contribution in [0.2, 0.25) is 0 Å². The Kier molecular flexibility index (Phi) is 2.56. The highest BCUT2D eigenvalue weighted by atomic mass is 16.5. The Morgan fingerprint density at radius 1 is 1.50 bits per heavy atom. The molecule has 4 heteroatoms. The second-order valence-electron chi connectivity index (χ2n) is 4.62. The summed E-state index contributed by atoms with van der Waals surface area (Å²) < 4.78 is 4.92. The van der Waals surface area contributed by atoms with Crippen LogP contribution in [0.1, 0.15) is 33.6 Å². The summed E-state index contributed by atoms with van der Waals surface area (Å²) in [7, 11) is 0. The quantitative estimate of drug-likeness (QED) is 0.700. The van der Waals surface area contributed by atoms with Crippen LogP contribution in [-0.4, -0.2) is 23.7 Å². The standard InChI is InChI=1S/C10H16O4/c1-9(2)7(14-6-11)4-5-10(9,3)8(12)13/h6-7H,4-5H2,1-3H3,(H,12,13)/t7-,10-/m1/s1. The van der Waals surface area contributed by atoms with Crippen LogP contribution in [0.5, 0.6) is 0 Å². The summed E-state index contributed by atoms with van der Waals surface area (Å²) in [5, 5.41) is 9.15. The van der Waals surface area contributed by atoms with E-state index in [1.54, 1.807) is 6.92 Å². The molecular weight excluding hydrogens is 184 g/mol. The lowest BCUT2D eigenvalue weighted by Gasteiger charge is -2.37. The van der Waals surface area contributed by atoms with E-state index in [0.29, 0.717) is 19.3 Å². The number of hydrogen-bond donors (Lipinski definition) is 1. The molecule has 0 spiro atoms. The molecule has 0 heterocycles. The Morgan fingerprint density at radius 3 is 2.43 bits per heavy atom. The van der Waals surface area contributed by atoms with Crippen LogP contribution in [0.3, 0.4) is 0 Å². The Bertz CT molecular complexity index is 259. The number of ether oxygens (including phenoxy) is 1. The van der Waals surface area contributed by atoms with Crippen molar-refractivity contribution in [3.63, 3.8) is 0 Å². The zero-order chi connectivity index (χ0) is 11.0. The normalized spacial score (nSPS) is 35.2. The van der Waals surface area contributed by atoms with Crippen molar-refractivity contribution >= 4 is 12.4 Å². The van der Waals surface area contributed by atoms with Crippen molar-refractivity contribution in [2.75, 3.05) is 0 Å². The third-order valence-electron chi connectivity index (χ3n) is 3.83. The third kappa shape index (κ3) is 1.29. The highest BCUT2D eigenvalue weighted by molar-refractivity contribution is 5.76. The average molecular weight is 200 g/mol. The van der Waals surface area contributed by atoms with Crippen LogP contribution in [-0.2, 0) is 14.3 Å². The van der Waals surface area contributed by atoms with Gasteiger partial charge in [-0.2, -0.15) is 0 Å². The maximum absolute atomic E-state index is 11.1. The summed E-state index contributed by atoms with van der Waals surface area (Å²) in [4.78, 5) is 21.4. The fourth-order valence-electron chi connectivity index (χ4n) is 2.15. The summed E-state index contributed by atoms with van der Waals surface area (Å²) in [6, 6.07) is 0. The number of carboxylic acids is 1. The molecule has 1 aliphatic carbocycles. The molecule has 0 unspecified atom stereocenters. The Labute approximate surface area is 83.2 Å². The molecule has 0 amide bonds. The average Bonchev–Trinajstić information content (AvgIpc) is 2.30. The number of carbonyl (C=O) groups is 2. The van der Waals surface area contributed by atoms with Crippen molar-refractivity contribution in [1.82, 2.24) is 0 Å². The number of carboxylic acid groups (broad SMARTS) is 1. The molecular formula is C10H16O4. The van der Waals surface area contributed by atoms with E-state index >= 15 is 0 Å². The van der Waals surface area contributed by atoms with Gasteiger partial charge >= 0.3 is 5.97 Å². The minimum Gasteiger partial charge on any atom is -0.481 e. The molecule has 0 aromatic carbocycles. The highest BCUT2D eigenvalue weighted by Gasteiger charge is 2.57. The molecule has 0 radical (unpaired) electrons. The fraction of sp³-hybridized carbons (Fsp3) is 0.800. The molecule has 1 N–H and O–H groups in total. The topological polar surface area (TPSA) is 63.6 Å². The second-order valence-corrected chi connectivity index (χ2v) is 4.62. The molecule has 1 aliphatic rings. The first-order valence-electron chi connectivity index (χ1n) is 4.69. The van der Waals surface area contributed by atoms with Crippen LogP contribution in [0.4, 0.5) is 0 Å². The van der Waals surface area contributed by atoms with Crippen LogP contribution >= 0.6 is 0 Å². The van der Waals surface area contributed by atoms with Gasteiger partial charge in [-0.05, 0) is 19.8 Å². The highest BCUT2D eigenvalue weighted by Crippen LogP contribution is 2.53. The first-order chi connectivity index (χ1) is 6.36. The van der Waals surface area contributed by atoms with Gasteiger partial charge in [-0.1, -0.05) is 13.8 Å². The van der Waals surface area contributed by atoms with Crippen molar-refractivity contribution in [3.05, 3.63) is 0 Å². The first kappa shape index (κ1) is 11.0. The van der Waals surface area contributed by atoms with Gasteiger partial charge in [0.25, 0.3) is 6.47 Å². The molecule has 0 aliphatic heterocycles. The summed E-state index contributed by atoms with van der Waals surface area (Å²) in [6.07, 6.45) is 0.878. The van der Waals surface area contributed by atoms with Gasteiger partial charge in [0.2, 0.25) is 0 Å². The van der Waals surface area contributed by atoms with Crippen molar-refractivity contribution in [2.45, 2.75) is 39.7 Å². The Balaban J connectivity index is 2.95. The maximum atomic E-state index is 11.1. The first-order valence-corrected chi connectivity index (χ1v) is 4.69. The lowest BCUT2D eigenvalue weighted by atomic mass is 9.68. The summed E-state index contributed by atoms with van der Waals surface area (Å²) in [5.74, 6) is -0.820. The van der Waals surface area contributed by atoms with E-state index in [1.165, 1.54) is 0 Å². The molecule has 1 saturated carbocycles. The van der Waals surface area contributed by atoms with Crippen LogP contribution in [0.25, 0.3) is 0 Å². The minimum absolute atomic E-state index is 0.291. The zero-order valence-corrected chi connectivity index (χ0v) is 8.74. The molecule has 0 aromatic heterocycles. The zero-order valence-electron chi connectivity index (χ0n) is 8.74. The van der Waals surface area contributed by atoms with Crippen molar-refractivity contribution in [2.24, 2.45) is 10.8 Å². The van der Waals surface area contributed by atoms with Crippen LogP contribution in [0, 0.1) is 10.8 Å². The monoisotopic (exact) mass is 200 g/mol. The van der Waals surface area contributed by atoms with Gasteiger partial charge in [0.15, 0.2) is 0 Å². The molecule has 1 fully saturated rings. The van der Waals surface area contributed by atoms with Crippen molar-refractivity contribution < 1.29 is 19.4 Å². The van der Waals surface area contributed by atoms with Crippen molar-refractivity contribution in [3.8, 4) is 0 Å². The molecule has 2 atom stereocenters. The predicted octanol–water partition coefficient (Wildman–Crippen LogP) is 1.44. The maximum Gasteiger partial charge on any atom is 0.310 e. The SMILES string of the molecule is CC1(C)[C@H](OC=O)CC[C@]1(C)C(=O)O. The van der Waals surface area contributed by atoms with E-state index in [2.05, 4.69) is 0 Å². The summed E-state index contributed by atoms with van der Waals surface area (Å²) in [6.45, 7) is 5.79. The number of rotatable bonds is 3. The number of aliphatic carboxylic acids is 1. The van der Waals surface area contributed by atoms with E-state index in [9.17, 15) is 9.59 Å². The predicted molar refractivity (Wildman–Crippen MR) is 49.7 cm³/mol. The van der Waals surface area contributed by atoms with Gasteiger partial charge in [0.05, 0.1) is 5.41 Å². The smallest absolute Gasteiger partial charge is 0.310 e. The van der Waals surface area contributed by atoms with Gasteiger partial charge in [0, 0.05) is 5.41 Å². The molecule has 0 saturated heterocycles. The van der Waals surface area contributed by atoms with E-state index in [0.717, 1.165) is 0 Å². The Hall–Kier alpha value is -1.06. The summed E-state index contributed by atoms with van der Waals surface area (Å²) in [5.41, 5.74) is -1.32. The van der Waals surface area contributed by atoms with E-state index in [-0.39, 0.29) is 6.10 Å². The van der Waals surface area contributed by atoms with E-state index in [1.807, 2.05) is 13.8 Å². The lowest BCUT2D eigenvalue weighted by Crippen LogP contribution is -2.43. The van der Waals surface area contributed by atoms with Crippen LogP contribution in [0.15, 0.2) is 0 Å². The second kappa shape index (κ2) is 3.26. The molecule has 14 heavy (non-hydrogen) atoms. The van der Waals surface area contributed by atoms with Gasteiger partial charge in [-0.15, -0.1) is 0 Å². The van der Waals surface area contributed by atoms with Gasteiger partial charge in [-0.3, -0.25) is 9.59 Å². The summed E-state index contributed by atoms with van der Waals surface area (Å²) >= 11 is 0. The third-order valence-corrected chi connectivity index (χ3v) is 3.83. The van der Waals surface area contributed by atoms with Crippen LogP contribution < -0.4 is 0 Å². The molecule has 1 rings (SSSR count). The van der Waals surface area contributed by atoms with E-state index in [4.69, 9.17) is 9.84 Å². The van der Waals surface area contributed by atoms with Gasteiger partial charge < -0.3 is 9.84 Å². The lowest BCUT2D eigenvalue weighted by molar-refractivity contribution is -0.159. The van der Waals surface area contributed by atoms with Gasteiger partial charge in [0.1, 0.15) is 6.10 Å². The van der Waals surface area contributed by atoms with Crippen molar-refractivity contribution in [1.29, 1.82) is 0 Å². The van der Waals surface area contributed by atoms with Gasteiger partial charge in [-0.25, -0.2) is 0 Å².